The Kier molecular flexibility index (Phi) is 6.35. The monoisotopic (exact) mass is 449 g/mol. The second-order valence-electron chi connectivity index (χ2n) is 6.45. The summed E-state index contributed by atoms with van der Waals surface area (Å²) in [4.78, 5) is 24.7. The highest BCUT2D eigenvalue weighted by atomic mass is 35.5. The zero-order valence-electron chi connectivity index (χ0n) is 16.1. The second kappa shape index (κ2) is 9.51. The molecule has 0 aliphatic heterocycles. The molecule has 0 aliphatic rings. The van der Waals surface area contributed by atoms with Gasteiger partial charge in [-0.15, -0.1) is 11.3 Å². The van der Waals surface area contributed by atoms with Gasteiger partial charge < -0.3 is 10.1 Å². The van der Waals surface area contributed by atoms with Gasteiger partial charge in [0.25, 0.3) is 5.91 Å². The second-order valence-corrected chi connectivity index (χ2v) is 7.88. The number of amides is 1. The zero-order chi connectivity index (χ0) is 21.6. The molecule has 3 aromatic carbocycles. The molecule has 4 aromatic rings. The molecule has 1 N–H and O–H groups in total. The maximum absolute atomic E-state index is 12.3. The number of carbonyl (C=O) groups excluding carboxylic acids is 2. The molecule has 0 bridgehead atoms. The number of hydrogen-bond acceptors (Lipinski definition) is 6. The number of nitrogens with zero attached hydrogens (tertiary/aromatic N) is 2. The first-order chi connectivity index (χ1) is 15.1. The summed E-state index contributed by atoms with van der Waals surface area (Å²) >= 11 is 7.50. The lowest BCUT2D eigenvalue weighted by Gasteiger charge is -2.06. The first-order valence-corrected chi connectivity index (χ1v) is 10.5. The molecule has 1 heterocycles. The van der Waals surface area contributed by atoms with E-state index in [-0.39, 0.29) is 4.88 Å². The van der Waals surface area contributed by atoms with E-state index in [0.29, 0.717) is 16.4 Å². The van der Waals surface area contributed by atoms with Crippen LogP contribution < -0.4 is 5.32 Å². The fourth-order valence-corrected chi connectivity index (χ4v) is 4.16. The summed E-state index contributed by atoms with van der Waals surface area (Å²) in [5.74, 6) is -1.08. The van der Waals surface area contributed by atoms with Crippen molar-refractivity contribution in [2.75, 3.05) is 11.9 Å². The van der Waals surface area contributed by atoms with Crippen LogP contribution in [0.4, 0.5) is 17.1 Å². The summed E-state index contributed by atoms with van der Waals surface area (Å²) in [6.07, 6.45) is 0. The lowest BCUT2D eigenvalue weighted by molar-refractivity contribution is -0.119. The van der Waals surface area contributed by atoms with Crippen LogP contribution >= 0.6 is 22.9 Å². The van der Waals surface area contributed by atoms with Gasteiger partial charge in [0.2, 0.25) is 0 Å². The Balaban J connectivity index is 1.31. The molecule has 0 saturated heterocycles. The maximum Gasteiger partial charge on any atom is 0.350 e. The molecule has 1 amide bonds. The SMILES string of the molecule is O=C(COC(=O)c1sc2ccccc2c1Cl)Nc1ccc(N=Nc2ccccc2)cc1. The number of fused-ring (bicyclic) bond motifs is 1. The van der Waals surface area contributed by atoms with E-state index in [4.69, 9.17) is 16.3 Å². The highest BCUT2D eigenvalue weighted by Crippen LogP contribution is 2.35. The molecule has 0 spiro atoms. The molecule has 4 rings (SSSR count). The van der Waals surface area contributed by atoms with Crippen molar-refractivity contribution in [2.45, 2.75) is 0 Å². The molecule has 154 valence electrons. The van der Waals surface area contributed by atoms with Gasteiger partial charge in [-0.25, -0.2) is 4.79 Å². The summed E-state index contributed by atoms with van der Waals surface area (Å²) in [6, 6.07) is 23.6. The van der Waals surface area contributed by atoms with Gasteiger partial charge in [0.15, 0.2) is 6.61 Å². The topological polar surface area (TPSA) is 80.1 Å². The van der Waals surface area contributed by atoms with Gasteiger partial charge in [-0.1, -0.05) is 48.0 Å². The number of carbonyl (C=O) groups is 2. The normalized spacial score (nSPS) is 11.0. The van der Waals surface area contributed by atoms with Gasteiger partial charge in [-0.2, -0.15) is 10.2 Å². The van der Waals surface area contributed by atoms with Crippen LogP contribution in [0.3, 0.4) is 0 Å². The molecule has 0 atom stereocenters. The van der Waals surface area contributed by atoms with E-state index in [1.807, 2.05) is 54.6 Å². The van der Waals surface area contributed by atoms with Crippen molar-refractivity contribution >= 4 is 62.0 Å². The quantitative estimate of drug-likeness (QED) is 0.260. The predicted molar refractivity (Wildman–Crippen MR) is 123 cm³/mol. The Labute approximate surface area is 187 Å². The summed E-state index contributed by atoms with van der Waals surface area (Å²) in [7, 11) is 0. The van der Waals surface area contributed by atoms with E-state index in [2.05, 4.69) is 15.5 Å². The van der Waals surface area contributed by atoms with Crippen molar-refractivity contribution in [1.82, 2.24) is 0 Å². The zero-order valence-corrected chi connectivity index (χ0v) is 17.7. The van der Waals surface area contributed by atoms with Gasteiger partial charge in [0.05, 0.1) is 16.4 Å². The van der Waals surface area contributed by atoms with E-state index in [9.17, 15) is 9.59 Å². The number of thiophene rings is 1. The lowest BCUT2D eigenvalue weighted by Crippen LogP contribution is -2.20. The fraction of sp³-hybridized carbons (Fsp3) is 0.0435. The molecule has 0 fully saturated rings. The molecule has 1 aromatic heterocycles. The van der Waals surface area contributed by atoms with Gasteiger partial charge >= 0.3 is 5.97 Å². The van der Waals surface area contributed by atoms with Crippen LogP contribution in [0, 0.1) is 0 Å². The molecular weight excluding hydrogens is 434 g/mol. The molecule has 0 radical (unpaired) electrons. The third kappa shape index (κ3) is 5.14. The Hall–Kier alpha value is -3.55. The molecule has 0 saturated carbocycles. The number of esters is 1. The maximum atomic E-state index is 12.3. The minimum absolute atomic E-state index is 0.281. The standard InChI is InChI=1S/C23H16ClN3O3S/c24-21-18-8-4-5-9-19(18)31-22(21)23(29)30-14-20(28)25-15-10-12-17(13-11-15)27-26-16-6-2-1-3-7-16/h1-13H,14H2,(H,25,28). The molecule has 31 heavy (non-hydrogen) atoms. The van der Waals surface area contributed by atoms with E-state index < -0.39 is 18.5 Å². The average Bonchev–Trinajstić information content (AvgIpc) is 3.14. The van der Waals surface area contributed by atoms with Crippen LogP contribution in [0.1, 0.15) is 9.67 Å². The van der Waals surface area contributed by atoms with Crippen LogP contribution in [-0.2, 0) is 9.53 Å². The fourth-order valence-electron chi connectivity index (χ4n) is 2.76. The van der Waals surface area contributed by atoms with E-state index in [0.717, 1.165) is 15.8 Å². The van der Waals surface area contributed by atoms with Crippen molar-refractivity contribution < 1.29 is 14.3 Å². The van der Waals surface area contributed by atoms with E-state index >= 15 is 0 Å². The number of nitrogens with one attached hydrogen (secondary N) is 1. The largest absolute Gasteiger partial charge is 0.451 e. The molecule has 0 aliphatic carbocycles. The molecule has 6 nitrogen and oxygen atoms in total. The Bertz CT molecular complexity index is 1250. The summed E-state index contributed by atoms with van der Waals surface area (Å²) in [6.45, 7) is -0.418. The minimum Gasteiger partial charge on any atom is -0.451 e. The third-order valence-electron chi connectivity index (χ3n) is 4.24. The van der Waals surface area contributed by atoms with Crippen LogP contribution in [-0.4, -0.2) is 18.5 Å². The summed E-state index contributed by atoms with van der Waals surface area (Å²) < 4.78 is 6.01. The van der Waals surface area contributed by atoms with Crippen molar-refractivity contribution in [3.8, 4) is 0 Å². The number of benzene rings is 3. The first-order valence-electron chi connectivity index (χ1n) is 9.31. The van der Waals surface area contributed by atoms with E-state index in [1.54, 1.807) is 24.3 Å². The molecule has 8 heteroatoms. The molecule has 0 unspecified atom stereocenters. The highest BCUT2D eigenvalue weighted by molar-refractivity contribution is 7.21. The number of halogens is 1. The molecular formula is C23H16ClN3O3S. The Morgan fingerprint density at radius 1 is 0.871 bits per heavy atom. The Morgan fingerprint density at radius 2 is 1.52 bits per heavy atom. The minimum atomic E-state index is -0.627. The summed E-state index contributed by atoms with van der Waals surface area (Å²) in [5.41, 5.74) is 1.95. The van der Waals surface area contributed by atoms with Gasteiger partial charge in [0, 0.05) is 15.8 Å². The van der Waals surface area contributed by atoms with Crippen LogP contribution in [0.15, 0.2) is 89.1 Å². The van der Waals surface area contributed by atoms with Crippen LogP contribution in [0.25, 0.3) is 10.1 Å². The van der Waals surface area contributed by atoms with Crippen molar-refractivity contribution in [3.05, 3.63) is 88.8 Å². The third-order valence-corrected chi connectivity index (χ3v) is 5.90. The van der Waals surface area contributed by atoms with Gasteiger partial charge in [-0.3, -0.25) is 4.79 Å². The van der Waals surface area contributed by atoms with Gasteiger partial charge in [0.1, 0.15) is 4.88 Å². The first kappa shape index (κ1) is 20.7. The van der Waals surface area contributed by atoms with Crippen LogP contribution in [0.2, 0.25) is 5.02 Å². The summed E-state index contributed by atoms with van der Waals surface area (Å²) in [5, 5.41) is 12.1. The smallest absolute Gasteiger partial charge is 0.350 e. The number of hydrogen-bond donors (Lipinski definition) is 1. The van der Waals surface area contributed by atoms with Crippen molar-refractivity contribution in [3.63, 3.8) is 0 Å². The number of ether oxygens (including phenoxy) is 1. The number of anilines is 1. The van der Waals surface area contributed by atoms with Crippen molar-refractivity contribution in [2.24, 2.45) is 10.2 Å². The van der Waals surface area contributed by atoms with Gasteiger partial charge in [-0.05, 0) is 42.5 Å². The predicted octanol–water partition coefficient (Wildman–Crippen LogP) is 6.77. The lowest BCUT2D eigenvalue weighted by atomic mass is 10.2. The number of azo groups is 1. The average molecular weight is 450 g/mol. The number of rotatable bonds is 6. The van der Waals surface area contributed by atoms with Crippen LogP contribution in [0.5, 0.6) is 0 Å². The Morgan fingerprint density at radius 3 is 2.23 bits per heavy atom. The highest BCUT2D eigenvalue weighted by Gasteiger charge is 2.19. The van der Waals surface area contributed by atoms with E-state index in [1.165, 1.54) is 11.3 Å². The van der Waals surface area contributed by atoms with Crippen molar-refractivity contribution in [1.29, 1.82) is 0 Å².